The summed E-state index contributed by atoms with van der Waals surface area (Å²) in [7, 11) is 0. The third-order valence-corrected chi connectivity index (χ3v) is 5.70. The summed E-state index contributed by atoms with van der Waals surface area (Å²) in [6.45, 7) is 5.61. The van der Waals surface area contributed by atoms with E-state index < -0.39 is 0 Å². The summed E-state index contributed by atoms with van der Waals surface area (Å²) < 4.78 is 0.940. The van der Waals surface area contributed by atoms with Gasteiger partial charge in [-0.25, -0.2) is 0 Å². The van der Waals surface area contributed by atoms with Crippen LogP contribution in [0, 0.1) is 11.8 Å². The molecule has 2 N–H and O–H groups in total. The van der Waals surface area contributed by atoms with Gasteiger partial charge in [-0.15, -0.1) is 12.4 Å². The average Bonchev–Trinajstić information content (AvgIpc) is 2.58. The molecule has 1 atom stereocenters. The van der Waals surface area contributed by atoms with Crippen molar-refractivity contribution in [2.45, 2.75) is 25.7 Å². The molecule has 0 spiro atoms. The number of likely N-dealkylation sites (tertiary alicyclic amines) is 1. The van der Waals surface area contributed by atoms with Gasteiger partial charge in [0.15, 0.2) is 0 Å². The highest BCUT2D eigenvalue weighted by molar-refractivity contribution is 9.10. The van der Waals surface area contributed by atoms with Gasteiger partial charge in [0.2, 0.25) is 5.91 Å². The van der Waals surface area contributed by atoms with E-state index in [0.717, 1.165) is 48.6 Å². The average molecular weight is 417 g/mol. The van der Waals surface area contributed by atoms with Crippen LogP contribution in [0.3, 0.4) is 0 Å². The molecule has 0 saturated carbocycles. The first-order valence-electron chi connectivity index (χ1n) is 8.71. The molecule has 1 aromatic rings. The van der Waals surface area contributed by atoms with Crippen LogP contribution in [0.25, 0.3) is 0 Å². The van der Waals surface area contributed by atoms with Crippen LogP contribution in [0.15, 0.2) is 28.7 Å². The lowest BCUT2D eigenvalue weighted by Crippen LogP contribution is -2.43. The van der Waals surface area contributed by atoms with E-state index in [4.69, 9.17) is 0 Å². The van der Waals surface area contributed by atoms with E-state index in [2.05, 4.69) is 31.5 Å². The zero-order valence-corrected chi connectivity index (χ0v) is 16.4. The van der Waals surface area contributed by atoms with Crippen LogP contribution in [-0.2, 0) is 4.79 Å². The van der Waals surface area contributed by atoms with Crippen LogP contribution >= 0.6 is 28.3 Å². The van der Waals surface area contributed by atoms with Gasteiger partial charge in [0, 0.05) is 16.9 Å². The number of halogens is 2. The molecule has 0 aromatic heterocycles. The number of amides is 1. The van der Waals surface area contributed by atoms with E-state index in [-0.39, 0.29) is 24.2 Å². The van der Waals surface area contributed by atoms with Gasteiger partial charge in [0.25, 0.3) is 0 Å². The number of nitrogens with one attached hydrogen (secondary N) is 2. The van der Waals surface area contributed by atoms with Crippen LogP contribution in [-0.4, -0.2) is 43.5 Å². The Balaban J connectivity index is 0.00000208. The number of nitrogens with zero attached hydrogens (tertiary/aromatic N) is 1. The molecule has 1 aromatic carbocycles. The first-order chi connectivity index (χ1) is 11.2. The monoisotopic (exact) mass is 415 g/mol. The van der Waals surface area contributed by atoms with E-state index in [1.165, 1.54) is 25.9 Å². The second-order valence-electron chi connectivity index (χ2n) is 6.76. The maximum absolute atomic E-state index is 12.5. The lowest BCUT2D eigenvalue weighted by atomic mass is 9.93. The van der Waals surface area contributed by atoms with E-state index in [0.29, 0.717) is 0 Å². The van der Waals surface area contributed by atoms with Crippen molar-refractivity contribution in [2.24, 2.45) is 11.8 Å². The van der Waals surface area contributed by atoms with Crippen molar-refractivity contribution < 1.29 is 4.79 Å². The molecular formula is C18H27BrClN3O. The van der Waals surface area contributed by atoms with Crippen LogP contribution in [0.5, 0.6) is 0 Å². The summed E-state index contributed by atoms with van der Waals surface area (Å²) in [6, 6.07) is 7.79. The minimum Gasteiger partial charge on any atom is -0.325 e. The zero-order chi connectivity index (χ0) is 16.1. The van der Waals surface area contributed by atoms with E-state index >= 15 is 0 Å². The summed E-state index contributed by atoms with van der Waals surface area (Å²) in [4.78, 5) is 15.0. The van der Waals surface area contributed by atoms with Crippen LogP contribution in [0.4, 0.5) is 5.69 Å². The van der Waals surface area contributed by atoms with Gasteiger partial charge in [-0.05, 0) is 85.8 Å². The molecule has 2 fully saturated rings. The van der Waals surface area contributed by atoms with E-state index in [1.807, 2.05) is 24.3 Å². The van der Waals surface area contributed by atoms with Gasteiger partial charge in [0.05, 0.1) is 5.69 Å². The maximum Gasteiger partial charge on any atom is 0.227 e. The molecule has 0 bridgehead atoms. The number of hydrogen-bond acceptors (Lipinski definition) is 3. The summed E-state index contributed by atoms with van der Waals surface area (Å²) in [5, 5.41) is 6.55. The number of anilines is 1. The lowest BCUT2D eigenvalue weighted by Gasteiger charge is -2.35. The number of hydrogen-bond donors (Lipinski definition) is 2. The molecule has 24 heavy (non-hydrogen) atoms. The Morgan fingerprint density at radius 1 is 1.25 bits per heavy atom. The van der Waals surface area contributed by atoms with E-state index in [9.17, 15) is 4.79 Å². The number of rotatable bonds is 4. The molecule has 2 saturated heterocycles. The fraction of sp³-hybridized carbons (Fsp3) is 0.611. The SMILES string of the molecule is Cl.O=C(Nc1ccccc1Br)C1CCN(CC2CCCNC2)CC1. The molecule has 1 amide bonds. The molecule has 3 rings (SSSR count). The van der Waals surface area contributed by atoms with Crippen molar-refractivity contribution in [3.8, 4) is 0 Å². The second kappa shape index (κ2) is 9.76. The first kappa shape index (κ1) is 19.7. The van der Waals surface area contributed by atoms with Gasteiger partial charge < -0.3 is 15.5 Å². The standard InChI is InChI=1S/C18H26BrN3O.ClH/c19-16-5-1-2-6-17(16)21-18(23)15-7-10-22(11-8-15)13-14-4-3-9-20-12-14;/h1-2,5-6,14-15,20H,3-4,7-13H2,(H,21,23);1H. The smallest absolute Gasteiger partial charge is 0.227 e. The lowest BCUT2D eigenvalue weighted by molar-refractivity contribution is -0.121. The molecule has 6 heteroatoms. The molecule has 2 aliphatic heterocycles. The third-order valence-electron chi connectivity index (χ3n) is 5.01. The molecule has 4 nitrogen and oxygen atoms in total. The third kappa shape index (κ3) is 5.45. The molecule has 0 radical (unpaired) electrons. The largest absolute Gasteiger partial charge is 0.325 e. The summed E-state index contributed by atoms with van der Waals surface area (Å²) >= 11 is 3.48. The number of para-hydroxylation sites is 1. The van der Waals surface area contributed by atoms with Crippen LogP contribution in [0.2, 0.25) is 0 Å². The number of carbonyl (C=O) groups is 1. The summed E-state index contributed by atoms with van der Waals surface area (Å²) in [5.74, 6) is 1.09. The molecular weight excluding hydrogens is 390 g/mol. The van der Waals surface area contributed by atoms with Gasteiger partial charge in [-0.3, -0.25) is 4.79 Å². The number of carbonyl (C=O) groups excluding carboxylic acids is 1. The van der Waals surface area contributed by atoms with Gasteiger partial charge in [0.1, 0.15) is 0 Å². The maximum atomic E-state index is 12.5. The van der Waals surface area contributed by atoms with Gasteiger partial charge >= 0.3 is 0 Å². The fourth-order valence-electron chi connectivity index (χ4n) is 3.62. The minimum absolute atomic E-state index is 0. The second-order valence-corrected chi connectivity index (χ2v) is 7.61. The van der Waals surface area contributed by atoms with Crippen molar-refractivity contribution in [3.63, 3.8) is 0 Å². The van der Waals surface area contributed by atoms with Gasteiger partial charge in [-0.1, -0.05) is 12.1 Å². The molecule has 1 unspecified atom stereocenters. The molecule has 0 aliphatic carbocycles. The van der Waals surface area contributed by atoms with Crippen molar-refractivity contribution in [1.29, 1.82) is 0 Å². The summed E-state index contributed by atoms with van der Waals surface area (Å²) in [5.41, 5.74) is 0.869. The van der Waals surface area contributed by atoms with Crippen molar-refractivity contribution in [1.82, 2.24) is 10.2 Å². The van der Waals surface area contributed by atoms with Crippen molar-refractivity contribution >= 4 is 39.9 Å². The van der Waals surface area contributed by atoms with Crippen LogP contribution in [0.1, 0.15) is 25.7 Å². The Morgan fingerprint density at radius 2 is 2.00 bits per heavy atom. The van der Waals surface area contributed by atoms with Crippen molar-refractivity contribution in [3.05, 3.63) is 28.7 Å². The summed E-state index contributed by atoms with van der Waals surface area (Å²) in [6.07, 6.45) is 4.58. The first-order valence-corrected chi connectivity index (χ1v) is 9.50. The number of piperidine rings is 2. The van der Waals surface area contributed by atoms with E-state index in [1.54, 1.807) is 0 Å². The molecule has 134 valence electrons. The van der Waals surface area contributed by atoms with Crippen LogP contribution < -0.4 is 10.6 Å². The van der Waals surface area contributed by atoms with Gasteiger partial charge in [-0.2, -0.15) is 0 Å². The Labute approximate surface area is 159 Å². The Hall–Kier alpha value is -0.620. The minimum atomic E-state index is 0. The Bertz CT molecular complexity index is 529. The van der Waals surface area contributed by atoms with Crippen molar-refractivity contribution in [2.75, 3.05) is 38.0 Å². The number of benzene rings is 1. The topological polar surface area (TPSA) is 44.4 Å². The predicted molar refractivity (Wildman–Crippen MR) is 105 cm³/mol. The fourth-order valence-corrected chi connectivity index (χ4v) is 4.00. The Morgan fingerprint density at radius 3 is 2.67 bits per heavy atom. The quantitative estimate of drug-likeness (QED) is 0.789. The normalized spacial score (nSPS) is 22.6. The Kier molecular flexibility index (Phi) is 8.01. The molecule has 2 heterocycles. The zero-order valence-electron chi connectivity index (χ0n) is 14.0. The highest BCUT2D eigenvalue weighted by Crippen LogP contribution is 2.25. The molecule has 2 aliphatic rings. The highest BCUT2D eigenvalue weighted by atomic mass is 79.9. The highest BCUT2D eigenvalue weighted by Gasteiger charge is 2.26. The predicted octanol–water partition coefficient (Wildman–Crippen LogP) is 3.52.